The first-order valence-corrected chi connectivity index (χ1v) is 7.25. The number of rotatable bonds is 2. The van der Waals surface area contributed by atoms with Crippen LogP contribution in [0.3, 0.4) is 0 Å². The molecule has 0 aromatic carbocycles. The molecule has 3 unspecified atom stereocenters. The van der Waals surface area contributed by atoms with Gasteiger partial charge in [-0.1, -0.05) is 13.3 Å². The number of nitrogens with two attached hydrogens (primary N) is 1. The van der Waals surface area contributed by atoms with Gasteiger partial charge < -0.3 is 10.6 Å². The predicted octanol–water partition coefficient (Wildman–Crippen LogP) is 1.53. The first-order valence-electron chi connectivity index (χ1n) is 7.25. The maximum Gasteiger partial charge on any atom is 0.0360 e. The summed E-state index contributed by atoms with van der Waals surface area (Å²) in [5.74, 6) is 0.762. The summed E-state index contributed by atoms with van der Waals surface area (Å²) in [5.41, 5.74) is 6.48. The van der Waals surface area contributed by atoms with E-state index in [0.29, 0.717) is 11.6 Å². The van der Waals surface area contributed by atoms with E-state index in [2.05, 4.69) is 30.7 Å². The van der Waals surface area contributed by atoms with Crippen molar-refractivity contribution in [1.29, 1.82) is 0 Å². The van der Waals surface area contributed by atoms with Crippen LogP contribution in [-0.2, 0) is 0 Å². The molecule has 1 heterocycles. The predicted molar refractivity (Wildman–Crippen MR) is 73.1 cm³/mol. The molecule has 100 valence electrons. The zero-order valence-corrected chi connectivity index (χ0v) is 11.8. The van der Waals surface area contributed by atoms with Crippen molar-refractivity contribution in [3.8, 4) is 0 Å². The molecular formula is C14H29N3. The summed E-state index contributed by atoms with van der Waals surface area (Å²) in [6.45, 7) is 9.27. The molecule has 1 aliphatic heterocycles. The third-order valence-electron chi connectivity index (χ3n) is 5.14. The van der Waals surface area contributed by atoms with Gasteiger partial charge in [-0.15, -0.1) is 0 Å². The third kappa shape index (κ3) is 2.38. The zero-order chi connectivity index (χ0) is 12.5. The van der Waals surface area contributed by atoms with Gasteiger partial charge in [-0.25, -0.2) is 0 Å². The number of likely N-dealkylation sites (N-methyl/N-ethyl adjacent to an activating group) is 1. The summed E-state index contributed by atoms with van der Waals surface area (Å²) < 4.78 is 0. The lowest BCUT2D eigenvalue weighted by Crippen LogP contribution is -2.59. The van der Waals surface area contributed by atoms with Crippen molar-refractivity contribution in [3.63, 3.8) is 0 Å². The molecule has 0 aromatic heterocycles. The minimum absolute atomic E-state index is 0.296. The van der Waals surface area contributed by atoms with Gasteiger partial charge in [0, 0.05) is 31.2 Å². The summed E-state index contributed by atoms with van der Waals surface area (Å²) in [4.78, 5) is 5.21. The van der Waals surface area contributed by atoms with E-state index in [1.165, 1.54) is 45.3 Å². The van der Waals surface area contributed by atoms with E-state index in [1.807, 2.05) is 0 Å². The molecule has 17 heavy (non-hydrogen) atoms. The van der Waals surface area contributed by atoms with Crippen molar-refractivity contribution in [1.82, 2.24) is 9.80 Å². The second-order valence-electron chi connectivity index (χ2n) is 6.26. The van der Waals surface area contributed by atoms with E-state index in [0.717, 1.165) is 12.5 Å². The number of nitrogens with zero attached hydrogens (tertiary/aromatic N) is 2. The lowest BCUT2D eigenvalue weighted by Gasteiger charge is -2.47. The van der Waals surface area contributed by atoms with Crippen LogP contribution in [0.15, 0.2) is 0 Å². The van der Waals surface area contributed by atoms with Crippen molar-refractivity contribution in [2.45, 2.75) is 51.1 Å². The lowest BCUT2D eigenvalue weighted by atomic mass is 9.85. The van der Waals surface area contributed by atoms with Crippen molar-refractivity contribution in [2.75, 3.05) is 33.2 Å². The van der Waals surface area contributed by atoms with Crippen molar-refractivity contribution in [2.24, 2.45) is 11.7 Å². The molecule has 3 nitrogen and oxygen atoms in total. The van der Waals surface area contributed by atoms with E-state index >= 15 is 0 Å². The van der Waals surface area contributed by atoms with Gasteiger partial charge in [0.1, 0.15) is 0 Å². The lowest BCUT2D eigenvalue weighted by molar-refractivity contribution is 0.0315. The van der Waals surface area contributed by atoms with Gasteiger partial charge in [-0.2, -0.15) is 0 Å². The molecule has 0 bridgehead atoms. The molecule has 0 aromatic rings. The molecule has 1 aliphatic carbocycles. The summed E-state index contributed by atoms with van der Waals surface area (Å²) in [5, 5.41) is 0. The molecule has 2 aliphatic rings. The Morgan fingerprint density at radius 1 is 1.24 bits per heavy atom. The highest BCUT2D eigenvalue weighted by Crippen LogP contribution is 2.41. The third-order valence-corrected chi connectivity index (χ3v) is 5.14. The Balaban J connectivity index is 2.18. The van der Waals surface area contributed by atoms with Crippen molar-refractivity contribution >= 4 is 0 Å². The molecule has 0 spiro atoms. The molecule has 2 rings (SSSR count). The van der Waals surface area contributed by atoms with Gasteiger partial charge >= 0.3 is 0 Å². The van der Waals surface area contributed by atoms with Gasteiger partial charge in [-0.05, 0) is 45.7 Å². The van der Waals surface area contributed by atoms with Crippen LogP contribution >= 0.6 is 0 Å². The summed E-state index contributed by atoms with van der Waals surface area (Å²) in [6, 6.07) is 0.645. The van der Waals surface area contributed by atoms with Crippen LogP contribution in [-0.4, -0.2) is 54.6 Å². The minimum atomic E-state index is 0.296. The van der Waals surface area contributed by atoms with Crippen LogP contribution in [0.25, 0.3) is 0 Å². The number of hydrogen-bond acceptors (Lipinski definition) is 3. The SMILES string of the molecule is CC1CN(C)CCCN1C1(CN)CCCC1C. The maximum atomic E-state index is 6.18. The van der Waals surface area contributed by atoms with Crippen LogP contribution in [0.2, 0.25) is 0 Å². The number of hydrogen-bond donors (Lipinski definition) is 1. The smallest absolute Gasteiger partial charge is 0.0360 e. The van der Waals surface area contributed by atoms with Gasteiger partial charge in [0.15, 0.2) is 0 Å². The van der Waals surface area contributed by atoms with Gasteiger partial charge in [0.25, 0.3) is 0 Å². The van der Waals surface area contributed by atoms with E-state index in [-0.39, 0.29) is 0 Å². The summed E-state index contributed by atoms with van der Waals surface area (Å²) in [6.07, 6.45) is 5.31. The zero-order valence-electron chi connectivity index (χ0n) is 11.8. The highest BCUT2D eigenvalue weighted by atomic mass is 15.3. The van der Waals surface area contributed by atoms with E-state index in [1.54, 1.807) is 0 Å². The fraction of sp³-hybridized carbons (Fsp3) is 1.00. The Hall–Kier alpha value is -0.120. The Morgan fingerprint density at radius 3 is 2.59 bits per heavy atom. The molecule has 1 saturated carbocycles. The average Bonchev–Trinajstić information content (AvgIpc) is 2.57. The fourth-order valence-corrected chi connectivity index (χ4v) is 4.11. The molecule has 2 fully saturated rings. The van der Waals surface area contributed by atoms with Gasteiger partial charge in [-0.3, -0.25) is 4.90 Å². The van der Waals surface area contributed by atoms with E-state index in [4.69, 9.17) is 5.73 Å². The molecular weight excluding hydrogens is 210 g/mol. The monoisotopic (exact) mass is 239 g/mol. The minimum Gasteiger partial charge on any atom is -0.329 e. The highest BCUT2D eigenvalue weighted by Gasteiger charge is 2.45. The topological polar surface area (TPSA) is 32.5 Å². The maximum absolute atomic E-state index is 6.18. The van der Waals surface area contributed by atoms with Crippen LogP contribution < -0.4 is 5.73 Å². The van der Waals surface area contributed by atoms with Crippen LogP contribution in [0.5, 0.6) is 0 Å². The first kappa shape index (κ1) is 13.3. The summed E-state index contributed by atoms with van der Waals surface area (Å²) >= 11 is 0. The van der Waals surface area contributed by atoms with Crippen LogP contribution in [0.1, 0.15) is 39.5 Å². The molecule has 3 heteroatoms. The molecule has 1 saturated heterocycles. The van der Waals surface area contributed by atoms with Crippen molar-refractivity contribution in [3.05, 3.63) is 0 Å². The molecule has 0 radical (unpaired) electrons. The Labute approximate surface area is 106 Å². The van der Waals surface area contributed by atoms with E-state index < -0.39 is 0 Å². The van der Waals surface area contributed by atoms with Crippen molar-refractivity contribution < 1.29 is 0 Å². The highest BCUT2D eigenvalue weighted by molar-refractivity contribution is 5.02. The Kier molecular flexibility index (Phi) is 4.11. The first-order chi connectivity index (χ1) is 8.10. The summed E-state index contributed by atoms with van der Waals surface area (Å²) in [7, 11) is 2.24. The Bertz CT molecular complexity index is 256. The van der Waals surface area contributed by atoms with Gasteiger partial charge in [0.2, 0.25) is 0 Å². The normalized spacial score (nSPS) is 41.6. The molecule has 3 atom stereocenters. The van der Waals surface area contributed by atoms with Crippen LogP contribution in [0.4, 0.5) is 0 Å². The molecule has 2 N–H and O–H groups in total. The second kappa shape index (κ2) is 5.25. The second-order valence-corrected chi connectivity index (χ2v) is 6.26. The fourth-order valence-electron chi connectivity index (χ4n) is 4.11. The average molecular weight is 239 g/mol. The molecule has 0 amide bonds. The van der Waals surface area contributed by atoms with E-state index in [9.17, 15) is 0 Å². The Morgan fingerprint density at radius 2 is 2.00 bits per heavy atom. The van der Waals surface area contributed by atoms with Gasteiger partial charge in [0.05, 0.1) is 0 Å². The quantitative estimate of drug-likeness (QED) is 0.793. The largest absolute Gasteiger partial charge is 0.329 e. The standard InChI is InChI=1S/C14H29N3/c1-12-6-4-7-14(12,11-15)17-9-5-8-16(3)10-13(17)2/h12-13H,4-11,15H2,1-3H3. The van der Waals surface area contributed by atoms with Crippen LogP contribution in [0, 0.1) is 5.92 Å².